The molecule has 1 aromatic heterocycles. The van der Waals surface area contributed by atoms with Gasteiger partial charge in [0.15, 0.2) is 0 Å². The van der Waals surface area contributed by atoms with Crippen molar-refractivity contribution in [2.24, 2.45) is 11.3 Å². The van der Waals surface area contributed by atoms with E-state index in [-0.39, 0.29) is 11.3 Å². The molecule has 1 atom stereocenters. The van der Waals surface area contributed by atoms with Crippen LogP contribution >= 0.6 is 0 Å². The zero-order valence-electron chi connectivity index (χ0n) is 14.4. The van der Waals surface area contributed by atoms with Crippen LogP contribution in [0.3, 0.4) is 0 Å². The van der Waals surface area contributed by atoms with Gasteiger partial charge < -0.3 is 10.3 Å². The maximum atomic E-state index is 12.1. The zero-order valence-corrected chi connectivity index (χ0v) is 14.4. The average Bonchev–Trinajstić information content (AvgIpc) is 2.74. The van der Waals surface area contributed by atoms with Crippen LogP contribution in [-0.2, 0) is 11.2 Å². The highest BCUT2D eigenvalue weighted by molar-refractivity contribution is 5.84. The average molecular weight is 300 g/mol. The summed E-state index contributed by atoms with van der Waals surface area (Å²) in [4.78, 5) is 15.5. The smallest absolute Gasteiger partial charge is 0.220 e. The molecule has 3 nitrogen and oxygen atoms in total. The number of nitrogens with one attached hydrogen (secondary N) is 2. The van der Waals surface area contributed by atoms with E-state index in [1.807, 2.05) is 6.07 Å². The van der Waals surface area contributed by atoms with Crippen molar-refractivity contribution in [3.63, 3.8) is 0 Å². The van der Waals surface area contributed by atoms with Gasteiger partial charge in [-0.1, -0.05) is 45.9 Å². The number of H-pyrrole nitrogens is 1. The lowest BCUT2D eigenvalue weighted by Gasteiger charge is -2.26. The van der Waals surface area contributed by atoms with E-state index in [2.05, 4.69) is 63.1 Å². The van der Waals surface area contributed by atoms with Crippen molar-refractivity contribution in [1.82, 2.24) is 10.3 Å². The van der Waals surface area contributed by atoms with Gasteiger partial charge in [0.25, 0.3) is 0 Å². The molecule has 0 aliphatic heterocycles. The van der Waals surface area contributed by atoms with Crippen molar-refractivity contribution in [3.05, 3.63) is 35.5 Å². The Morgan fingerprint density at radius 3 is 2.64 bits per heavy atom. The molecule has 0 aliphatic carbocycles. The molecule has 0 saturated heterocycles. The van der Waals surface area contributed by atoms with Crippen molar-refractivity contribution in [2.75, 3.05) is 6.54 Å². The van der Waals surface area contributed by atoms with Crippen molar-refractivity contribution in [2.45, 2.75) is 47.5 Å². The molecule has 1 unspecified atom stereocenters. The Kier molecular flexibility index (Phi) is 4.94. The number of amides is 1. The molecule has 2 aromatic rings. The summed E-state index contributed by atoms with van der Waals surface area (Å²) < 4.78 is 0. The molecule has 120 valence electrons. The second-order valence-corrected chi connectivity index (χ2v) is 7.35. The summed E-state index contributed by atoms with van der Waals surface area (Å²) >= 11 is 0. The van der Waals surface area contributed by atoms with Crippen LogP contribution in [0.5, 0.6) is 0 Å². The number of carbonyl (C=O) groups is 1. The number of hydrogen-bond acceptors (Lipinski definition) is 1. The van der Waals surface area contributed by atoms with E-state index >= 15 is 0 Å². The summed E-state index contributed by atoms with van der Waals surface area (Å²) in [5, 5.41) is 4.32. The van der Waals surface area contributed by atoms with Crippen LogP contribution in [0.2, 0.25) is 0 Å². The molecule has 0 aliphatic rings. The fourth-order valence-electron chi connectivity index (χ4n) is 2.64. The Hall–Kier alpha value is -1.77. The number of aryl methyl sites for hydroxylation is 1. The molecule has 1 aromatic carbocycles. The summed E-state index contributed by atoms with van der Waals surface area (Å²) in [7, 11) is 0. The molecule has 0 saturated carbocycles. The normalized spacial score (nSPS) is 13.3. The number of fused-ring (bicyclic) bond motifs is 1. The summed E-state index contributed by atoms with van der Waals surface area (Å²) in [5.74, 6) is 0.530. The third-order valence-corrected chi connectivity index (χ3v) is 4.69. The van der Waals surface area contributed by atoms with Gasteiger partial charge in [0.05, 0.1) is 0 Å². The predicted molar refractivity (Wildman–Crippen MR) is 93.0 cm³/mol. The number of carbonyl (C=O) groups excluding carboxylic acids is 1. The Labute approximate surface area is 133 Å². The number of hydrogen-bond donors (Lipinski definition) is 2. The zero-order chi connectivity index (χ0) is 16.3. The Morgan fingerprint density at radius 2 is 1.95 bits per heavy atom. The van der Waals surface area contributed by atoms with Gasteiger partial charge in [-0.25, -0.2) is 0 Å². The molecule has 1 amide bonds. The molecule has 0 bridgehead atoms. The molecule has 1 heterocycles. The van der Waals surface area contributed by atoms with Crippen LogP contribution in [0.4, 0.5) is 0 Å². The van der Waals surface area contributed by atoms with Crippen LogP contribution in [0.25, 0.3) is 10.9 Å². The first-order valence-electron chi connectivity index (χ1n) is 8.12. The van der Waals surface area contributed by atoms with E-state index in [1.54, 1.807) is 0 Å². The maximum absolute atomic E-state index is 12.1. The molecule has 2 rings (SSSR count). The molecular weight excluding hydrogens is 272 g/mol. The van der Waals surface area contributed by atoms with Crippen molar-refractivity contribution in [1.29, 1.82) is 0 Å². The third-order valence-electron chi connectivity index (χ3n) is 4.69. The fraction of sp³-hybridized carbons (Fsp3) is 0.526. The van der Waals surface area contributed by atoms with E-state index < -0.39 is 0 Å². The fourth-order valence-corrected chi connectivity index (χ4v) is 2.64. The molecular formula is C19H28N2O. The summed E-state index contributed by atoms with van der Waals surface area (Å²) in [6, 6.07) is 8.33. The van der Waals surface area contributed by atoms with Gasteiger partial charge in [0, 0.05) is 29.6 Å². The summed E-state index contributed by atoms with van der Waals surface area (Å²) in [6.45, 7) is 11.5. The lowest BCUT2D eigenvalue weighted by Crippen LogP contribution is -2.30. The van der Waals surface area contributed by atoms with Crippen LogP contribution in [-0.4, -0.2) is 17.4 Å². The van der Waals surface area contributed by atoms with Gasteiger partial charge in [-0.2, -0.15) is 0 Å². The third kappa shape index (κ3) is 3.90. The molecule has 0 fully saturated rings. The minimum Gasteiger partial charge on any atom is -0.358 e. The van der Waals surface area contributed by atoms with E-state index in [0.29, 0.717) is 18.9 Å². The van der Waals surface area contributed by atoms with Gasteiger partial charge in [-0.05, 0) is 36.3 Å². The molecule has 22 heavy (non-hydrogen) atoms. The Balaban J connectivity index is 1.90. The minimum absolute atomic E-state index is 0.153. The van der Waals surface area contributed by atoms with Gasteiger partial charge in [-0.15, -0.1) is 0 Å². The van der Waals surface area contributed by atoms with Crippen molar-refractivity contribution >= 4 is 16.8 Å². The molecule has 2 N–H and O–H groups in total. The van der Waals surface area contributed by atoms with E-state index in [1.165, 1.54) is 22.2 Å². The first kappa shape index (κ1) is 16.6. The highest BCUT2D eigenvalue weighted by Crippen LogP contribution is 2.27. The van der Waals surface area contributed by atoms with Crippen LogP contribution < -0.4 is 5.32 Å². The highest BCUT2D eigenvalue weighted by Gasteiger charge is 2.22. The molecule has 3 heteroatoms. The first-order valence-corrected chi connectivity index (χ1v) is 8.12. The Bertz CT molecular complexity index is 649. The quantitative estimate of drug-likeness (QED) is 0.853. The predicted octanol–water partition coefficient (Wildman–Crippen LogP) is 4.21. The lowest BCUT2D eigenvalue weighted by molar-refractivity contribution is -0.122. The van der Waals surface area contributed by atoms with Crippen LogP contribution in [0.1, 0.15) is 45.4 Å². The number of benzene rings is 1. The second kappa shape index (κ2) is 6.55. The summed E-state index contributed by atoms with van der Waals surface area (Å²) in [5.41, 5.74) is 3.84. The number of aromatic nitrogens is 1. The minimum atomic E-state index is 0.153. The highest BCUT2D eigenvalue weighted by atomic mass is 16.1. The number of rotatable bonds is 5. The van der Waals surface area contributed by atoms with Gasteiger partial charge >= 0.3 is 0 Å². The SMILES string of the molecule is Cc1[nH]c2ccccc2c1CCNC(=O)CC(C)C(C)(C)C. The topological polar surface area (TPSA) is 44.9 Å². The standard InChI is InChI=1S/C19H28N2O/c1-13(19(3,4)5)12-18(22)20-11-10-15-14(2)21-17-9-7-6-8-16(15)17/h6-9,13,21H,10-12H2,1-5H3,(H,20,22). The van der Waals surface area contributed by atoms with E-state index in [9.17, 15) is 4.79 Å². The molecule has 0 spiro atoms. The Morgan fingerprint density at radius 1 is 1.27 bits per heavy atom. The van der Waals surface area contributed by atoms with Crippen LogP contribution in [0.15, 0.2) is 24.3 Å². The second-order valence-electron chi connectivity index (χ2n) is 7.35. The summed E-state index contributed by atoms with van der Waals surface area (Å²) in [6.07, 6.45) is 1.46. The van der Waals surface area contributed by atoms with Crippen LogP contribution in [0, 0.1) is 18.3 Å². The first-order chi connectivity index (χ1) is 10.3. The monoisotopic (exact) mass is 300 g/mol. The van der Waals surface area contributed by atoms with Gasteiger partial charge in [-0.3, -0.25) is 4.79 Å². The van der Waals surface area contributed by atoms with Crippen molar-refractivity contribution < 1.29 is 4.79 Å². The van der Waals surface area contributed by atoms with Gasteiger partial charge in [0.1, 0.15) is 0 Å². The largest absolute Gasteiger partial charge is 0.358 e. The van der Waals surface area contributed by atoms with Crippen molar-refractivity contribution in [3.8, 4) is 0 Å². The number of para-hydroxylation sites is 1. The van der Waals surface area contributed by atoms with E-state index in [0.717, 1.165) is 6.42 Å². The van der Waals surface area contributed by atoms with Gasteiger partial charge in [0.2, 0.25) is 5.91 Å². The maximum Gasteiger partial charge on any atom is 0.220 e. The number of aromatic amines is 1. The molecule has 0 radical (unpaired) electrons. The lowest BCUT2D eigenvalue weighted by atomic mass is 9.80. The van der Waals surface area contributed by atoms with E-state index in [4.69, 9.17) is 0 Å².